The maximum Gasteiger partial charge on any atom is 0.277 e. The number of methoxy groups -OCH3 is 1. The van der Waals surface area contributed by atoms with Gasteiger partial charge < -0.3 is 14.5 Å². The molecule has 1 aliphatic rings. The molecule has 2 aromatic carbocycles. The Balaban J connectivity index is 1.52. The second-order valence-corrected chi connectivity index (χ2v) is 8.47. The summed E-state index contributed by atoms with van der Waals surface area (Å²) < 4.78 is 25.5. The molecular formula is C26H23FN4O4. The minimum Gasteiger partial charge on any atom is -0.497 e. The lowest BCUT2D eigenvalue weighted by molar-refractivity contribution is -0.126. The van der Waals surface area contributed by atoms with Crippen LogP contribution in [0.4, 0.5) is 10.1 Å². The van der Waals surface area contributed by atoms with E-state index in [2.05, 4.69) is 10.4 Å². The van der Waals surface area contributed by atoms with Crippen LogP contribution >= 0.6 is 0 Å². The number of hydrogen-bond acceptors (Lipinski definition) is 5. The summed E-state index contributed by atoms with van der Waals surface area (Å²) in [6.07, 6.45) is 1.53. The fraction of sp³-hybridized carbons (Fsp3) is 0.192. The average molecular weight is 474 g/mol. The maximum absolute atomic E-state index is 13.8. The highest BCUT2D eigenvalue weighted by atomic mass is 19.1. The van der Waals surface area contributed by atoms with Crippen LogP contribution in [0.5, 0.6) is 5.75 Å². The summed E-state index contributed by atoms with van der Waals surface area (Å²) in [4.78, 5) is 28.8. The van der Waals surface area contributed by atoms with Crippen molar-refractivity contribution in [3.05, 3.63) is 90.1 Å². The van der Waals surface area contributed by atoms with Gasteiger partial charge >= 0.3 is 0 Å². The molecule has 0 fully saturated rings. The van der Waals surface area contributed by atoms with E-state index in [1.165, 1.54) is 28.0 Å². The second kappa shape index (κ2) is 8.75. The highest BCUT2D eigenvalue weighted by molar-refractivity contribution is 6.12. The number of carbonyl (C=O) groups is 2. The lowest BCUT2D eigenvalue weighted by Crippen LogP contribution is -2.64. The molecule has 0 aliphatic carbocycles. The molecule has 0 saturated heterocycles. The molecule has 9 heteroatoms. The van der Waals surface area contributed by atoms with Crippen molar-refractivity contribution >= 4 is 17.5 Å². The normalized spacial score (nSPS) is 17.2. The fourth-order valence-corrected chi connectivity index (χ4v) is 4.24. The molecule has 0 spiro atoms. The number of rotatable bonds is 6. The lowest BCUT2D eigenvalue weighted by atomic mass is 9.93. The average Bonchev–Trinajstić information content (AvgIpc) is 3.54. The Hall–Kier alpha value is -4.40. The van der Waals surface area contributed by atoms with Crippen LogP contribution in [0.2, 0.25) is 0 Å². The van der Waals surface area contributed by atoms with E-state index >= 15 is 0 Å². The van der Waals surface area contributed by atoms with E-state index in [0.717, 1.165) is 5.56 Å². The van der Waals surface area contributed by atoms with Gasteiger partial charge in [-0.3, -0.25) is 19.2 Å². The topological polar surface area (TPSA) is 89.6 Å². The first-order chi connectivity index (χ1) is 16.9. The molecule has 4 aromatic rings. The molecule has 3 heterocycles. The summed E-state index contributed by atoms with van der Waals surface area (Å²) in [6.45, 7) is 2.01. The van der Waals surface area contributed by atoms with Crippen LogP contribution in [0.15, 0.2) is 77.4 Å². The van der Waals surface area contributed by atoms with E-state index in [9.17, 15) is 14.0 Å². The minimum atomic E-state index is -1.30. The molecule has 2 aromatic heterocycles. The molecule has 1 atom stereocenters. The standard InChI is InChI=1S/C26H23FN4O4/c1-26(25(33)28-15-17-5-7-18(27)8-6-17)16-30-22(14-21(29-30)23-4-3-13-35-23)24(32)31(26)19-9-11-20(34-2)12-10-19/h3-14H,15-16H2,1-2H3,(H,28,33)/t26-/m0/s1. The van der Waals surface area contributed by atoms with Crippen LogP contribution in [-0.2, 0) is 17.9 Å². The molecule has 2 amide bonds. The van der Waals surface area contributed by atoms with Gasteiger partial charge in [0.2, 0.25) is 5.91 Å². The van der Waals surface area contributed by atoms with Gasteiger partial charge in [-0.25, -0.2) is 4.39 Å². The third-order valence-electron chi connectivity index (χ3n) is 6.11. The number of benzene rings is 2. The number of ether oxygens (including phenoxy) is 1. The van der Waals surface area contributed by atoms with Crippen molar-refractivity contribution in [3.63, 3.8) is 0 Å². The molecule has 5 rings (SSSR count). The van der Waals surface area contributed by atoms with Crippen molar-refractivity contribution in [1.82, 2.24) is 15.1 Å². The summed E-state index contributed by atoms with van der Waals surface area (Å²) >= 11 is 0. The monoisotopic (exact) mass is 474 g/mol. The number of fused-ring (bicyclic) bond motifs is 1. The predicted molar refractivity (Wildman–Crippen MR) is 126 cm³/mol. The van der Waals surface area contributed by atoms with Crippen molar-refractivity contribution in [3.8, 4) is 17.2 Å². The van der Waals surface area contributed by atoms with Gasteiger partial charge in [-0.05, 0) is 61.0 Å². The van der Waals surface area contributed by atoms with Gasteiger partial charge in [0.25, 0.3) is 5.91 Å². The van der Waals surface area contributed by atoms with Crippen molar-refractivity contribution in [2.24, 2.45) is 0 Å². The Morgan fingerprint density at radius 2 is 1.91 bits per heavy atom. The van der Waals surface area contributed by atoms with Gasteiger partial charge in [-0.15, -0.1) is 0 Å². The van der Waals surface area contributed by atoms with E-state index in [-0.39, 0.29) is 30.7 Å². The Kier molecular flexibility index (Phi) is 5.60. The van der Waals surface area contributed by atoms with Crippen molar-refractivity contribution < 1.29 is 23.1 Å². The van der Waals surface area contributed by atoms with Crippen molar-refractivity contribution in [1.29, 1.82) is 0 Å². The van der Waals surface area contributed by atoms with Gasteiger partial charge in [0.15, 0.2) is 5.76 Å². The zero-order valence-corrected chi connectivity index (χ0v) is 19.2. The molecular weight excluding hydrogens is 451 g/mol. The number of carbonyl (C=O) groups excluding carboxylic acids is 2. The fourth-order valence-electron chi connectivity index (χ4n) is 4.24. The van der Waals surface area contributed by atoms with E-state index in [4.69, 9.17) is 9.15 Å². The van der Waals surface area contributed by atoms with Crippen LogP contribution in [0, 0.1) is 5.82 Å². The lowest BCUT2D eigenvalue weighted by Gasteiger charge is -2.43. The molecule has 178 valence electrons. The van der Waals surface area contributed by atoms with E-state index < -0.39 is 5.54 Å². The first-order valence-corrected chi connectivity index (χ1v) is 11.0. The summed E-state index contributed by atoms with van der Waals surface area (Å²) in [7, 11) is 1.56. The van der Waals surface area contributed by atoms with Gasteiger partial charge in [0.1, 0.15) is 28.5 Å². The van der Waals surface area contributed by atoms with Crippen molar-refractivity contribution in [2.45, 2.75) is 25.6 Å². The Morgan fingerprint density at radius 3 is 2.57 bits per heavy atom. The van der Waals surface area contributed by atoms with Crippen LogP contribution in [0.3, 0.4) is 0 Å². The molecule has 35 heavy (non-hydrogen) atoms. The number of aromatic nitrogens is 2. The number of anilines is 1. The van der Waals surface area contributed by atoms with Crippen LogP contribution in [-0.4, -0.2) is 34.2 Å². The van der Waals surface area contributed by atoms with Crippen LogP contribution in [0.1, 0.15) is 23.0 Å². The van der Waals surface area contributed by atoms with E-state index in [1.54, 1.807) is 68.6 Å². The summed E-state index contributed by atoms with van der Waals surface area (Å²) in [5.74, 6) is 0.0657. The van der Waals surface area contributed by atoms with E-state index in [0.29, 0.717) is 28.6 Å². The molecule has 8 nitrogen and oxygen atoms in total. The zero-order valence-electron chi connectivity index (χ0n) is 19.2. The number of nitrogens with one attached hydrogen (secondary N) is 1. The molecule has 0 radical (unpaired) electrons. The van der Waals surface area contributed by atoms with Gasteiger partial charge in [-0.1, -0.05) is 12.1 Å². The largest absolute Gasteiger partial charge is 0.497 e. The van der Waals surface area contributed by atoms with Gasteiger partial charge in [0.05, 0.1) is 19.9 Å². The van der Waals surface area contributed by atoms with Crippen LogP contribution < -0.4 is 15.0 Å². The Morgan fingerprint density at radius 1 is 1.17 bits per heavy atom. The number of nitrogens with zero attached hydrogens (tertiary/aromatic N) is 3. The summed E-state index contributed by atoms with van der Waals surface area (Å²) in [5, 5.41) is 7.44. The Labute approximate surface area is 200 Å². The molecule has 1 aliphatic heterocycles. The van der Waals surface area contributed by atoms with Gasteiger partial charge in [0, 0.05) is 18.3 Å². The number of amides is 2. The molecule has 1 N–H and O–H groups in total. The van der Waals surface area contributed by atoms with Crippen molar-refractivity contribution in [2.75, 3.05) is 12.0 Å². The third-order valence-corrected chi connectivity index (χ3v) is 6.11. The number of furan rings is 1. The first kappa shape index (κ1) is 22.4. The minimum absolute atomic E-state index is 0.121. The summed E-state index contributed by atoms with van der Waals surface area (Å²) in [5.41, 5.74) is 0.828. The van der Waals surface area contributed by atoms with Gasteiger partial charge in [-0.2, -0.15) is 5.10 Å². The number of halogens is 1. The van der Waals surface area contributed by atoms with E-state index in [1.807, 2.05) is 0 Å². The third kappa shape index (κ3) is 4.05. The first-order valence-electron chi connectivity index (χ1n) is 11.0. The molecule has 0 unspecified atom stereocenters. The smallest absolute Gasteiger partial charge is 0.277 e. The van der Waals surface area contributed by atoms with Crippen LogP contribution in [0.25, 0.3) is 11.5 Å². The highest BCUT2D eigenvalue weighted by Crippen LogP contribution is 2.35. The zero-order chi connectivity index (χ0) is 24.6. The molecule has 0 bridgehead atoms. The Bertz CT molecular complexity index is 1360. The summed E-state index contributed by atoms with van der Waals surface area (Å²) in [6, 6.07) is 18.0. The number of hydrogen-bond donors (Lipinski definition) is 1. The SMILES string of the molecule is COc1ccc(N2C(=O)c3cc(-c4ccco4)nn3C[C@@]2(C)C(=O)NCc2ccc(F)cc2)cc1. The predicted octanol–water partition coefficient (Wildman–Crippen LogP) is 4.03. The molecule has 0 saturated carbocycles. The maximum atomic E-state index is 13.8. The quantitative estimate of drug-likeness (QED) is 0.456. The second-order valence-electron chi connectivity index (χ2n) is 8.47. The highest BCUT2D eigenvalue weighted by Gasteiger charge is 2.49.